The molecular weight excluding hydrogens is 384 g/mol. The van der Waals surface area contributed by atoms with E-state index in [9.17, 15) is 19.2 Å². The maximum absolute atomic E-state index is 12.7. The third-order valence-electron chi connectivity index (χ3n) is 5.22. The average Bonchev–Trinajstić information content (AvgIpc) is 2.53. The maximum atomic E-state index is 12.7. The van der Waals surface area contributed by atoms with E-state index >= 15 is 0 Å². The van der Waals surface area contributed by atoms with Gasteiger partial charge in [0.15, 0.2) is 0 Å². The van der Waals surface area contributed by atoms with E-state index in [-0.39, 0.29) is 38.3 Å². The summed E-state index contributed by atoms with van der Waals surface area (Å²) in [7, 11) is 0. The van der Waals surface area contributed by atoms with Crippen LogP contribution in [-0.4, -0.2) is 52.9 Å². The Hall–Kier alpha value is -1.97. The van der Waals surface area contributed by atoms with Crippen LogP contribution in [0.1, 0.15) is 59.3 Å². The minimum atomic E-state index is -0.798. The van der Waals surface area contributed by atoms with E-state index in [0.29, 0.717) is 32.2 Å². The number of likely N-dealkylation sites (tertiary alicyclic amines) is 1. The van der Waals surface area contributed by atoms with E-state index in [1.54, 1.807) is 20.8 Å². The predicted molar refractivity (Wildman–Crippen MR) is 108 cm³/mol. The van der Waals surface area contributed by atoms with Crippen LogP contribution in [0, 0.1) is 5.41 Å². The van der Waals surface area contributed by atoms with Gasteiger partial charge in [-0.05, 0) is 52.9 Å². The number of amides is 4. The molecule has 0 bridgehead atoms. The molecule has 1 spiro atoms. The lowest BCUT2D eigenvalue weighted by atomic mass is 9.66. The number of primary amides is 2. The summed E-state index contributed by atoms with van der Waals surface area (Å²) in [5.74, 6) is -1.26. The lowest BCUT2D eigenvalue weighted by Gasteiger charge is -2.54. The van der Waals surface area contributed by atoms with E-state index in [2.05, 4.69) is 5.32 Å². The first kappa shape index (κ1) is 24.1. The third kappa shape index (κ3) is 5.76. The normalized spacial score (nSPS) is 25.3. The highest BCUT2D eigenvalue weighted by Gasteiger charge is 2.55. The standard InChI is InChI=1S/C18H30N4O5.H2S/c1-17(2,3)27-16(26)21-11-6-8-18(9-7-11)10-22(15(18)25)12(14(20)24)4-5-13(19)23;/h11-12H,4-10H2,1-3H3,(H2,19,23)(H2,20,24)(H,21,26);1H2/t11?,12-,18?;/m0./s1. The van der Waals surface area contributed by atoms with Gasteiger partial charge >= 0.3 is 6.09 Å². The van der Waals surface area contributed by atoms with E-state index < -0.39 is 35.0 Å². The van der Waals surface area contributed by atoms with E-state index in [1.807, 2.05) is 0 Å². The number of nitrogens with one attached hydrogen (secondary N) is 1. The minimum absolute atomic E-state index is 0. The molecule has 4 amide bonds. The van der Waals surface area contributed by atoms with Gasteiger partial charge in [-0.25, -0.2) is 4.79 Å². The highest BCUT2D eigenvalue weighted by molar-refractivity contribution is 7.59. The van der Waals surface area contributed by atoms with Crippen molar-refractivity contribution in [2.45, 2.75) is 77.0 Å². The molecule has 0 aromatic heterocycles. The first-order valence-electron chi connectivity index (χ1n) is 9.32. The fraction of sp³-hybridized carbons (Fsp3) is 0.778. The number of carbonyl (C=O) groups is 4. The molecule has 5 N–H and O–H groups in total. The fourth-order valence-corrected chi connectivity index (χ4v) is 3.82. The van der Waals surface area contributed by atoms with Crippen LogP contribution in [0.25, 0.3) is 0 Å². The second-order valence-corrected chi connectivity index (χ2v) is 8.56. The summed E-state index contributed by atoms with van der Waals surface area (Å²) in [4.78, 5) is 48.7. The van der Waals surface area contributed by atoms with Crippen molar-refractivity contribution < 1.29 is 23.9 Å². The van der Waals surface area contributed by atoms with Gasteiger partial charge in [-0.1, -0.05) is 0 Å². The van der Waals surface area contributed by atoms with Crippen molar-refractivity contribution in [3.05, 3.63) is 0 Å². The minimum Gasteiger partial charge on any atom is -0.444 e. The molecule has 0 radical (unpaired) electrons. The van der Waals surface area contributed by atoms with Crippen molar-refractivity contribution >= 4 is 37.3 Å². The van der Waals surface area contributed by atoms with Crippen LogP contribution in [0.2, 0.25) is 0 Å². The molecule has 2 rings (SSSR count). The van der Waals surface area contributed by atoms with Gasteiger partial charge in [-0.3, -0.25) is 14.4 Å². The van der Waals surface area contributed by atoms with Gasteiger partial charge in [0.05, 0.1) is 5.41 Å². The molecule has 2 fully saturated rings. The maximum Gasteiger partial charge on any atom is 0.407 e. The summed E-state index contributed by atoms with van der Waals surface area (Å²) in [6.07, 6.45) is 2.30. The highest BCUT2D eigenvalue weighted by Crippen LogP contribution is 2.46. The Morgan fingerprint density at radius 2 is 1.82 bits per heavy atom. The van der Waals surface area contributed by atoms with Crippen LogP contribution in [0.15, 0.2) is 0 Å². The number of rotatable bonds is 6. The number of carbonyl (C=O) groups excluding carboxylic acids is 4. The highest BCUT2D eigenvalue weighted by atomic mass is 32.1. The molecule has 9 nitrogen and oxygen atoms in total. The molecule has 0 aromatic carbocycles. The SMILES string of the molecule is CC(C)(C)OC(=O)NC1CCC2(CC1)CN([C@@H](CCC(N)=O)C(N)=O)C2=O.S. The Bertz CT molecular complexity index is 626. The van der Waals surface area contributed by atoms with Crippen LogP contribution in [0.5, 0.6) is 0 Å². The number of hydrogen-bond acceptors (Lipinski definition) is 5. The summed E-state index contributed by atoms with van der Waals surface area (Å²) >= 11 is 0. The molecule has 1 saturated carbocycles. The lowest BCUT2D eigenvalue weighted by Crippen LogP contribution is -2.68. The number of nitrogens with zero attached hydrogens (tertiary/aromatic N) is 1. The number of nitrogens with two attached hydrogens (primary N) is 2. The fourth-order valence-electron chi connectivity index (χ4n) is 3.82. The van der Waals surface area contributed by atoms with Crippen molar-refractivity contribution in [3.63, 3.8) is 0 Å². The quantitative estimate of drug-likeness (QED) is 0.540. The second-order valence-electron chi connectivity index (χ2n) is 8.56. The van der Waals surface area contributed by atoms with Crippen molar-refractivity contribution in [3.8, 4) is 0 Å². The molecule has 160 valence electrons. The van der Waals surface area contributed by atoms with Gasteiger partial charge in [0.1, 0.15) is 11.6 Å². The Labute approximate surface area is 172 Å². The van der Waals surface area contributed by atoms with Crippen molar-refractivity contribution in [2.24, 2.45) is 16.9 Å². The summed E-state index contributed by atoms with van der Waals surface area (Å²) in [5, 5.41) is 2.85. The molecular formula is C18H32N4O5S. The molecule has 1 aliphatic heterocycles. The van der Waals surface area contributed by atoms with Crippen molar-refractivity contribution in [2.75, 3.05) is 6.54 Å². The van der Waals surface area contributed by atoms with Crippen molar-refractivity contribution in [1.29, 1.82) is 0 Å². The average molecular weight is 417 g/mol. The molecule has 1 heterocycles. The zero-order valence-electron chi connectivity index (χ0n) is 16.7. The summed E-state index contributed by atoms with van der Waals surface area (Å²) in [6.45, 7) is 5.85. The van der Waals surface area contributed by atoms with Gasteiger partial charge in [0.25, 0.3) is 0 Å². The smallest absolute Gasteiger partial charge is 0.407 e. The van der Waals surface area contributed by atoms with E-state index in [1.165, 1.54) is 4.90 Å². The first-order chi connectivity index (χ1) is 12.4. The van der Waals surface area contributed by atoms with Gasteiger partial charge in [-0.2, -0.15) is 13.5 Å². The van der Waals surface area contributed by atoms with Gasteiger partial charge in [-0.15, -0.1) is 0 Å². The van der Waals surface area contributed by atoms with Crippen LogP contribution in [0.3, 0.4) is 0 Å². The molecule has 28 heavy (non-hydrogen) atoms. The topological polar surface area (TPSA) is 145 Å². The zero-order chi connectivity index (χ0) is 20.4. The Morgan fingerprint density at radius 1 is 1.25 bits per heavy atom. The first-order valence-corrected chi connectivity index (χ1v) is 9.32. The molecule has 10 heteroatoms. The van der Waals surface area contributed by atoms with Crippen LogP contribution < -0.4 is 16.8 Å². The van der Waals surface area contributed by atoms with Gasteiger partial charge < -0.3 is 26.4 Å². The van der Waals surface area contributed by atoms with E-state index in [0.717, 1.165) is 0 Å². The number of ether oxygens (including phenoxy) is 1. The summed E-state index contributed by atoms with van der Waals surface area (Å²) < 4.78 is 5.26. The molecule has 2 aliphatic rings. The van der Waals surface area contributed by atoms with Crippen molar-refractivity contribution in [1.82, 2.24) is 10.2 Å². The molecule has 1 saturated heterocycles. The van der Waals surface area contributed by atoms with E-state index in [4.69, 9.17) is 16.2 Å². The largest absolute Gasteiger partial charge is 0.444 e. The number of alkyl carbamates (subject to hydrolysis) is 1. The predicted octanol–water partition coefficient (Wildman–Crippen LogP) is 0.515. The monoisotopic (exact) mass is 416 g/mol. The molecule has 0 aromatic rings. The third-order valence-corrected chi connectivity index (χ3v) is 5.22. The second kappa shape index (κ2) is 9.02. The van der Waals surface area contributed by atoms with Crippen LogP contribution in [-0.2, 0) is 19.1 Å². The molecule has 1 atom stereocenters. The molecule has 1 aliphatic carbocycles. The molecule has 0 unspecified atom stereocenters. The Morgan fingerprint density at radius 3 is 2.25 bits per heavy atom. The zero-order valence-corrected chi connectivity index (χ0v) is 17.7. The Balaban J connectivity index is 0.00000392. The van der Waals surface area contributed by atoms with Crippen LogP contribution in [0.4, 0.5) is 4.79 Å². The number of hydrogen-bond donors (Lipinski definition) is 3. The summed E-state index contributed by atoms with van der Waals surface area (Å²) in [6, 6.07) is -0.831. The number of β-lactam (4-membered cyclic amide) rings is 1. The van der Waals surface area contributed by atoms with Gasteiger partial charge in [0, 0.05) is 19.0 Å². The van der Waals surface area contributed by atoms with Gasteiger partial charge in [0.2, 0.25) is 17.7 Å². The summed E-state index contributed by atoms with van der Waals surface area (Å²) in [5.41, 5.74) is 9.47. The lowest BCUT2D eigenvalue weighted by molar-refractivity contribution is -0.171. The Kier molecular flexibility index (Phi) is 7.75. The van der Waals surface area contributed by atoms with Crippen LogP contribution >= 0.6 is 13.5 Å².